The maximum atomic E-state index is 12.7. The third-order valence-electron chi connectivity index (χ3n) is 3.26. The molecule has 0 saturated heterocycles. The summed E-state index contributed by atoms with van der Waals surface area (Å²) in [7, 11) is 2.83. The minimum absolute atomic E-state index is 0.135. The van der Waals surface area contributed by atoms with Gasteiger partial charge in [0, 0.05) is 11.6 Å². The highest BCUT2D eigenvalue weighted by Gasteiger charge is 2.15. The highest BCUT2D eigenvalue weighted by atomic mass is 16.5. The molecule has 5 nitrogen and oxygen atoms in total. The Labute approximate surface area is 140 Å². The van der Waals surface area contributed by atoms with Crippen LogP contribution in [0.2, 0.25) is 0 Å². The molecule has 0 spiro atoms. The van der Waals surface area contributed by atoms with Gasteiger partial charge in [-0.3, -0.25) is 4.79 Å². The van der Waals surface area contributed by atoms with E-state index < -0.39 is 5.97 Å². The molecule has 5 heteroatoms. The van der Waals surface area contributed by atoms with Gasteiger partial charge < -0.3 is 14.2 Å². The van der Waals surface area contributed by atoms with Crippen molar-refractivity contribution < 1.29 is 23.8 Å². The maximum absolute atomic E-state index is 12.7. The van der Waals surface area contributed by atoms with E-state index in [1.165, 1.54) is 26.4 Å². The van der Waals surface area contributed by atoms with E-state index in [0.29, 0.717) is 22.6 Å². The summed E-state index contributed by atoms with van der Waals surface area (Å²) >= 11 is 0. The van der Waals surface area contributed by atoms with Crippen LogP contribution in [0.5, 0.6) is 11.5 Å². The fraction of sp³-hybridized carbons (Fsp3) is 0.158. The number of carbonyl (C=O) groups is 2. The minimum atomic E-state index is -0.464. The van der Waals surface area contributed by atoms with Crippen molar-refractivity contribution in [3.63, 3.8) is 0 Å². The predicted octanol–water partition coefficient (Wildman–Crippen LogP) is 3.03. The third kappa shape index (κ3) is 4.46. The lowest BCUT2D eigenvalue weighted by Gasteiger charge is -2.11. The molecule has 0 atom stereocenters. The van der Waals surface area contributed by atoms with E-state index in [-0.39, 0.29) is 12.4 Å². The molecule has 0 bridgehead atoms. The molecule has 24 heavy (non-hydrogen) atoms. The lowest BCUT2D eigenvalue weighted by atomic mass is 10.0. The number of methoxy groups -OCH3 is 2. The summed E-state index contributed by atoms with van der Waals surface area (Å²) in [5.74, 6) is 0.348. The summed E-state index contributed by atoms with van der Waals surface area (Å²) in [6.45, 7) is 0.135. The van der Waals surface area contributed by atoms with Crippen LogP contribution < -0.4 is 9.47 Å². The zero-order valence-electron chi connectivity index (χ0n) is 13.5. The van der Waals surface area contributed by atoms with Crippen molar-refractivity contribution in [1.82, 2.24) is 0 Å². The van der Waals surface area contributed by atoms with Crippen molar-refractivity contribution in [2.75, 3.05) is 20.8 Å². The average molecular weight is 326 g/mol. The Morgan fingerprint density at radius 3 is 2.46 bits per heavy atom. The predicted molar refractivity (Wildman–Crippen MR) is 89.5 cm³/mol. The third-order valence-corrected chi connectivity index (χ3v) is 3.26. The van der Waals surface area contributed by atoms with Crippen molar-refractivity contribution in [1.29, 1.82) is 0 Å². The Hall–Kier alpha value is -3.08. The number of rotatable bonds is 7. The van der Waals surface area contributed by atoms with Gasteiger partial charge in [0.1, 0.15) is 18.1 Å². The Morgan fingerprint density at radius 2 is 1.79 bits per heavy atom. The first-order valence-electron chi connectivity index (χ1n) is 7.30. The van der Waals surface area contributed by atoms with Crippen molar-refractivity contribution in [2.24, 2.45) is 0 Å². The highest BCUT2D eigenvalue weighted by molar-refractivity contribution is 6.10. The Balaban J connectivity index is 2.23. The van der Waals surface area contributed by atoms with Gasteiger partial charge in [-0.25, -0.2) is 4.79 Å². The molecule has 0 heterocycles. The largest absolute Gasteiger partial charge is 0.497 e. The second-order valence-electron chi connectivity index (χ2n) is 4.79. The van der Waals surface area contributed by atoms with Crippen LogP contribution in [0.3, 0.4) is 0 Å². The van der Waals surface area contributed by atoms with Crippen LogP contribution in [-0.4, -0.2) is 32.6 Å². The summed E-state index contributed by atoms with van der Waals surface area (Å²) in [4.78, 5) is 23.7. The molecule has 0 N–H and O–H groups in total. The molecular weight excluding hydrogens is 308 g/mol. The number of carbonyl (C=O) groups excluding carboxylic acids is 2. The average Bonchev–Trinajstić information content (AvgIpc) is 2.65. The van der Waals surface area contributed by atoms with E-state index in [1.807, 2.05) is 6.07 Å². The number of hydrogen-bond donors (Lipinski definition) is 0. The fourth-order valence-electron chi connectivity index (χ4n) is 2.03. The highest BCUT2D eigenvalue weighted by Crippen LogP contribution is 2.26. The summed E-state index contributed by atoms with van der Waals surface area (Å²) in [5.41, 5.74) is 0.952. The number of ether oxygens (including phenoxy) is 3. The van der Waals surface area contributed by atoms with Crippen LogP contribution in [0.25, 0.3) is 0 Å². The molecule has 0 aliphatic rings. The molecule has 0 fully saturated rings. The maximum Gasteiger partial charge on any atom is 0.330 e. The second-order valence-corrected chi connectivity index (χ2v) is 4.79. The standard InChI is InChI=1S/C19H18O5/c1-22-15-10-11-17(24-12-6-9-18(20)23-2)16(13-15)19(21)14-7-4-3-5-8-14/h3-11,13H,12H2,1-2H3. The Kier molecular flexibility index (Phi) is 6.14. The summed E-state index contributed by atoms with van der Waals surface area (Å²) in [6.07, 6.45) is 2.79. The topological polar surface area (TPSA) is 61.8 Å². The van der Waals surface area contributed by atoms with E-state index in [0.717, 1.165) is 0 Å². The molecule has 2 aromatic rings. The zero-order chi connectivity index (χ0) is 17.4. The van der Waals surface area contributed by atoms with E-state index >= 15 is 0 Å². The van der Waals surface area contributed by atoms with Crippen molar-refractivity contribution >= 4 is 11.8 Å². The molecule has 0 unspecified atom stereocenters. The smallest absolute Gasteiger partial charge is 0.330 e. The first-order chi connectivity index (χ1) is 11.7. The van der Waals surface area contributed by atoms with Gasteiger partial charge in [0.2, 0.25) is 0 Å². The van der Waals surface area contributed by atoms with Gasteiger partial charge in [0.05, 0.1) is 19.8 Å². The SMILES string of the molecule is COC(=O)C=CCOc1ccc(OC)cc1C(=O)c1ccccc1. The molecule has 2 aromatic carbocycles. The van der Waals surface area contributed by atoms with Gasteiger partial charge in [0.15, 0.2) is 5.78 Å². The van der Waals surface area contributed by atoms with Gasteiger partial charge in [-0.05, 0) is 24.3 Å². The van der Waals surface area contributed by atoms with Crippen LogP contribution in [-0.2, 0) is 9.53 Å². The van der Waals surface area contributed by atoms with E-state index in [4.69, 9.17) is 9.47 Å². The van der Waals surface area contributed by atoms with Gasteiger partial charge in [-0.1, -0.05) is 30.3 Å². The molecule has 124 valence electrons. The molecule has 0 radical (unpaired) electrons. The monoisotopic (exact) mass is 326 g/mol. The Bertz CT molecular complexity index is 735. The lowest BCUT2D eigenvalue weighted by molar-refractivity contribution is -0.134. The van der Waals surface area contributed by atoms with Gasteiger partial charge >= 0.3 is 5.97 Å². The van der Waals surface area contributed by atoms with E-state index in [9.17, 15) is 9.59 Å². The quantitative estimate of drug-likeness (QED) is 0.445. The van der Waals surface area contributed by atoms with E-state index in [2.05, 4.69) is 4.74 Å². The normalized spacial score (nSPS) is 10.4. The summed E-state index contributed by atoms with van der Waals surface area (Å²) in [6, 6.07) is 13.9. The van der Waals surface area contributed by atoms with Crippen LogP contribution in [0.1, 0.15) is 15.9 Å². The number of hydrogen-bond acceptors (Lipinski definition) is 5. The minimum Gasteiger partial charge on any atom is -0.497 e. The number of esters is 1. The summed E-state index contributed by atoms with van der Waals surface area (Å²) in [5, 5.41) is 0. The summed E-state index contributed by atoms with van der Waals surface area (Å²) < 4.78 is 15.3. The van der Waals surface area contributed by atoms with Gasteiger partial charge in [-0.15, -0.1) is 0 Å². The first-order valence-corrected chi connectivity index (χ1v) is 7.30. The van der Waals surface area contributed by atoms with Crippen LogP contribution in [0.15, 0.2) is 60.7 Å². The van der Waals surface area contributed by atoms with Crippen molar-refractivity contribution in [2.45, 2.75) is 0 Å². The van der Waals surface area contributed by atoms with Crippen molar-refractivity contribution in [3.05, 3.63) is 71.8 Å². The van der Waals surface area contributed by atoms with Crippen LogP contribution in [0.4, 0.5) is 0 Å². The first kappa shape index (κ1) is 17.3. The van der Waals surface area contributed by atoms with Gasteiger partial charge in [-0.2, -0.15) is 0 Å². The number of benzene rings is 2. The molecular formula is C19H18O5. The van der Waals surface area contributed by atoms with Gasteiger partial charge in [0.25, 0.3) is 0 Å². The Morgan fingerprint density at radius 1 is 1.04 bits per heavy atom. The van der Waals surface area contributed by atoms with Crippen LogP contribution >= 0.6 is 0 Å². The zero-order valence-corrected chi connectivity index (χ0v) is 13.5. The molecule has 0 saturated carbocycles. The molecule has 2 rings (SSSR count). The van der Waals surface area contributed by atoms with E-state index in [1.54, 1.807) is 42.5 Å². The fourth-order valence-corrected chi connectivity index (χ4v) is 2.03. The molecule has 0 aromatic heterocycles. The number of ketones is 1. The van der Waals surface area contributed by atoms with Crippen molar-refractivity contribution in [3.8, 4) is 11.5 Å². The molecule has 0 aliphatic heterocycles. The second kappa shape index (κ2) is 8.53. The van der Waals surface area contributed by atoms with Crippen LogP contribution in [0, 0.1) is 0 Å². The molecule has 0 aliphatic carbocycles. The lowest BCUT2D eigenvalue weighted by Crippen LogP contribution is -2.06. The molecule has 0 amide bonds.